The fourth-order valence-electron chi connectivity index (χ4n) is 4.34. The Balaban J connectivity index is 1.81. The number of rotatable bonds is 5. The van der Waals surface area contributed by atoms with Crippen LogP contribution in [0, 0.1) is 40.7 Å². The molecule has 0 saturated heterocycles. The average molecular weight is 350 g/mol. The Morgan fingerprint density at radius 2 is 1.92 bits per heavy atom. The number of halogens is 2. The molecule has 4 unspecified atom stereocenters. The third kappa shape index (κ3) is 4.22. The summed E-state index contributed by atoms with van der Waals surface area (Å²) in [6, 6.07) is 3.97. The molecule has 2 aliphatic carbocycles. The molecule has 4 atom stereocenters. The van der Waals surface area contributed by atoms with Crippen molar-refractivity contribution in [3.8, 4) is 6.07 Å². The SMILES string of the molecule is [2H]C1([2H])CC2CC(c3cc(F)c(C#N)c(F)c3)CCC2C([2H])([2H])C1CCCCC. The first-order chi connectivity index (χ1) is 13.6. The predicted molar refractivity (Wildman–Crippen MR) is 96.1 cm³/mol. The van der Waals surface area contributed by atoms with Gasteiger partial charge in [-0.25, -0.2) is 8.78 Å². The summed E-state index contributed by atoms with van der Waals surface area (Å²) in [4.78, 5) is 0. The van der Waals surface area contributed by atoms with Crippen LogP contribution in [0.2, 0.25) is 0 Å². The van der Waals surface area contributed by atoms with E-state index in [4.69, 9.17) is 10.7 Å². The predicted octanol–water partition coefficient (Wildman–Crippen LogP) is 6.72. The molecule has 0 heterocycles. The van der Waals surface area contributed by atoms with Gasteiger partial charge in [-0.15, -0.1) is 0 Å². The van der Waals surface area contributed by atoms with Crippen molar-refractivity contribution < 1.29 is 14.3 Å². The van der Waals surface area contributed by atoms with Crippen molar-refractivity contribution >= 4 is 0 Å². The smallest absolute Gasteiger partial charge is 0.144 e. The minimum Gasteiger partial charge on any atom is -0.205 e. The Labute approximate surface area is 156 Å². The van der Waals surface area contributed by atoms with Crippen LogP contribution in [0.15, 0.2) is 12.1 Å². The first-order valence-electron chi connectivity index (χ1n) is 11.5. The van der Waals surface area contributed by atoms with E-state index in [1.54, 1.807) is 0 Å². The van der Waals surface area contributed by atoms with Gasteiger partial charge >= 0.3 is 0 Å². The molecule has 3 rings (SSSR count). The molecule has 0 bridgehead atoms. The van der Waals surface area contributed by atoms with E-state index in [2.05, 4.69) is 6.92 Å². The molecule has 2 fully saturated rings. The lowest BCUT2D eigenvalue weighted by atomic mass is 9.63. The highest BCUT2D eigenvalue weighted by molar-refractivity contribution is 5.36. The van der Waals surface area contributed by atoms with Crippen LogP contribution >= 0.6 is 0 Å². The molecular weight excluding hydrogens is 316 g/mol. The van der Waals surface area contributed by atoms with E-state index in [1.807, 2.05) is 0 Å². The van der Waals surface area contributed by atoms with Crippen molar-refractivity contribution in [3.05, 3.63) is 34.9 Å². The zero-order valence-corrected chi connectivity index (χ0v) is 14.8. The Morgan fingerprint density at radius 1 is 1.16 bits per heavy atom. The molecule has 0 aliphatic heterocycles. The number of fused-ring (bicyclic) bond motifs is 1. The Bertz CT molecular complexity index is 767. The summed E-state index contributed by atoms with van der Waals surface area (Å²) in [5, 5.41) is 8.86. The van der Waals surface area contributed by atoms with Crippen molar-refractivity contribution in [2.75, 3.05) is 0 Å². The van der Waals surface area contributed by atoms with Gasteiger partial charge in [0.05, 0.1) is 0 Å². The largest absolute Gasteiger partial charge is 0.205 e. The van der Waals surface area contributed by atoms with E-state index in [9.17, 15) is 8.78 Å². The van der Waals surface area contributed by atoms with Gasteiger partial charge in [0.2, 0.25) is 0 Å². The van der Waals surface area contributed by atoms with Crippen molar-refractivity contribution in [3.63, 3.8) is 0 Å². The first-order valence-corrected chi connectivity index (χ1v) is 9.50. The first kappa shape index (κ1) is 13.7. The van der Waals surface area contributed by atoms with Crippen LogP contribution in [-0.4, -0.2) is 0 Å². The molecule has 0 N–H and O–H groups in total. The van der Waals surface area contributed by atoms with Gasteiger partial charge < -0.3 is 0 Å². The van der Waals surface area contributed by atoms with Crippen LogP contribution in [0.3, 0.4) is 0 Å². The molecule has 1 aromatic rings. The van der Waals surface area contributed by atoms with Crippen LogP contribution in [0.1, 0.15) is 93.6 Å². The Hall–Kier alpha value is -1.43. The Morgan fingerprint density at radius 3 is 2.60 bits per heavy atom. The minimum atomic E-state index is -1.58. The molecule has 0 aromatic heterocycles. The standard InChI is InChI=1S/C22H29F2N/c1-2-3-4-5-15-6-7-17-11-18(9-8-16(17)10-15)19-12-21(23)20(14-25)22(24)13-19/h12-13,15-18H,2-11H2,1H3/i6D2,10D2. The molecular formula is C22H29F2N. The van der Waals surface area contributed by atoms with Gasteiger partial charge in [-0.2, -0.15) is 5.26 Å². The third-order valence-electron chi connectivity index (χ3n) is 5.77. The summed E-state index contributed by atoms with van der Waals surface area (Å²) in [6.07, 6.45) is 2.27. The molecule has 0 radical (unpaired) electrons. The molecule has 136 valence electrons. The number of hydrogen-bond acceptors (Lipinski definition) is 1. The van der Waals surface area contributed by atoms with E-state index in [0.717, 1.165) is 19.3 Å². The zero-order chi connectivity index (χ0) is 21.4. The maximum Gasteiger partial charge on any atom is 0.144 e. The van der Waals surface area contributed by atoms with Gasteiger partial charge in [-0.3, -0.25) is 0 Å². The van der Waals surface area contributed by atoms with Crippen LogP contribution in [0.4, 0.5) is 8.78 Å². The third-order valence-corrected chi connectivity index (χ3v) is 5.77. The van der Waals surface area contributed by atoms with Gasteiger partial charge in [0.1, 0.15) is 23.3 Å². The second-order valence-corrected chi connectivity index (χ2v) is 7.47. The highest BCUT2D eigenvalue weighted by atomic mass is 19.1. The molecule has 1 aromatic carbocycles. The maximum atomic E-state index is 14.1. The topological polar surface area (TPSA) is 23.8 Å². The van der Waals surface area contributed by atoms with Crippen LogP contribution in [0.25, 0.3) is 0 Å². The summed E-state index contributed by atoms with van der Waals surface area (Å²) < 4.78 is 62.8. The minimum absolute atomic E-state index is 0.142. The van der Waals surface area contributed by atoms with E-state index < -0.39 is 35.9 Å². The van der Waals surface area contributed by atoms with Gasteiger partial charge in [0.15, 0.2) is 0 Å². The number of unbranched alkanes of at least 4 members (excludes halogenated alkanes) is 2. The van der Waals surface area contributed by atoms with Crippen molar-refractivity contribution in [1.82, 2.24) is 0 Å². The summed E-state index contributed by atoms with van der Waals surface area (Å²) in [5.74, 6) is -2.85. The lowest BCUT2D eigenvalue weighted by Gasteiger charge is -2.42. The van der Waals surface area contributed by atoms with E-state index in [0.29, 0.717) is 37.7 Å². The van der Waals surface area contributed by atoms with Gasteiger partial charge in [0.25, 0.3) is 0 Å². The van der Waals surface area contributed by atoms with Gasteiger partial charge in [-0.05, 0) is 73.4 Å². The maximum absolute atomic E-state index is 14.1. The van der Waals surface area contributed by atoms with Crippen molar-refractivity contribution in [1.29, 1.82) is 5.26 Å². The van der Waals surface area contributed by atoms with Crippen LogP contribution in [-0.2, 0) is 0 Å². The van der Waals surface area contributed by atoms with Crippen molar-refractivity contribution in [2.45, 2.75) is 77.0 Å². The number of benzene rings is 1. The van der Waals surface area contributed by atoms with Crippen LogP contribution in [0.5, 0.6) is 0 Å². The highest BCUT2D eigenvalue weighted by Crippen LogP contribution is 2.48. The zero-order valence-electron chi connectivity index (χ0n) is 18.8. The molecule has 2 saturated carbocycles. The monoisotopic (exact) mass is 349 g/mol. The number of nitrogens with zero attached hydrogens (tertiary/aromatic N) is 1. The Kier molecular flexibility index (Phi) is 4.56. The molecule has 2 aliphatic rings. The molecule has 0 amide bonds. The summed E-state index contributed by atoms with van der Waals surface area (Å²) >= 11 is 0. The average Bonchev–Trinajstić information content (AvgIpc) is 2.63. The fourth-order valence-corrected chi connectivity index (χ4v) is 4.34. The lowest BCUT2D eigenvalue weighted by Crippen LogP contribution is -2.30. The summed E-state index contributed by atoms with van der Waals surface area (Å²) in [6.45, 7) is 2.08. The highest BCUT2D eigenvalue weighted by Gasteiger charge is 2.36. The van der Waals surface area contributed by atoms with Crippen molar-refractivity contribution in [2.24, 2.45) is 17.8 Å². The molecule has 0 spiro atoms. The number of hydrogen-bond donors (Lipinski definition) is 0. The fraction of sp³-hybridized carbons (Fsp3) is 0.682. The lowest BCUT2D eigenvalue weighted by molar-refractivity contribution is 0.113. The van der Waals surface area contributed by atoms with Gasteiger partial charge in [0, 0.05) is 5.48 Å². The second kappa shape index (κ2) is 8.30. The van der Waals surface area contributed by atoms with Gasteiger partial charge in [-0.1, -0.05) is 39.0 Å². The summed E-state index contributed by atoms with van der Waals surface area (Å²) in [7, 11) is 0. The summed E-state index contributed by atoms with van der Waals surface area (Å²) in [5.41, 5.74) is -0.0914. The van der Waals surface area contributed by atoms with Crippen LogP contribution < -0.4 is 0 Å². The molecule has 25 heavy (non-hydrogen) atoms. The molecule has 1 nitrogen and oxygen atoms in total. The quantitative estimate of drug-likeness (QED) is 0.541. The number of nitriles is 1. The van der Waals surface area contributed by atoms with E-state index in [-0.39, 0.29) is 17.8 Å². The molecule has 3 heteroatoms. The van der Waals surface area contributed by atoms with E-state index in [1.165, 1.54) is 18.2 Å². The van der Waals surface area contributed by atoms with E-state index >= 15 is 0 Å². The second-order valence-electron chi connectivity index (χ2n) is 7.47. The normalized spacial score (nSPS) is 35.4.